The van der Waals surface area contributed by atoms with Gasteiger partial charge >= 0.3 is 12.4 Å². The highest BCUT2D eigenvalue weighted by Crippen LogP contribution is 2.55. The first-order valence-electron chi connectivity index (χ1n) is 7.78. The summed E-state index contributed by atoms with van der Waals surface area (Å²) in [5.41, 5.74) is -2.70. The molecule has 2 fully saturated rings. The molecule has 136 valence electrons. The Bertz CT molecular complexity index is 671. The molecule has 0 N–H and O–H groups in total. The minimum atomic E-state index is -4.88. The second kappa shape index (κ2) is 5.85. The van der Waals surface area contributed by atoms with Crippen molar-refractivity contribution in [3.8, 4) is 0 Å². The summed E-state index contributed by atoms with van der Waals surface area (Å²) in [6.45, 7) is 0. The zero-order chi connectivity index (χ0) is 18.6. The lowest BCUT2D eigenvalue weighted by Crippen LogP contribution is -2.24. The Balaban J connectivity index is 1.88. The van der Waals surface area contributed by atoms with Gasteiger partial charge in [0.25, 0.3) is 0 Å². The number of hydrogen-bond donors (Lipinski definition) is 0. The van der Waals surface area contributed by atoms with E-state index in [1.165, 1.54) is 0 Å². The van der Waals surface area contributed by atoms with Crippen LogP contribution in [-0.2, 0) is 21.9 Å². The number of Topliss-reactive ketones (excluding diaryl/α,β-unsaturated/α-hetero) is 2. The van der Waals surface area contributed by atoms with Crippen LogP contribution in [0.1, 0.15) is 48.3 Å². The van der Waals surface area contributed by atoms with E-state index in [0.29, 0.717) is 6.42 Å². The van der Waals surface area contributed by atoms with Crippen molar-refractivity contribution in [1.82, 2.24) is 0 Å². The highest BCUT2D eigenvalue weighted by atomic mass is 19.4. The van der Waals surface area contributed by atoms with E-state index >= 15 is 0 Å². The maximum Gasteiger partial charge on any atom is 0.416 e. The van der Waals surface area contributed by atoms with Gasteiger partial charge in [-0.05, 0) is 47.9 Å². The van der Waals surface area contributed by atoms with E-state index in [2.05, 4.69) is 0 Å². The molecule has 25 heavy (non-hydrogen) atoms. The van der Waals surface area contributed by atoms with Crippen LogP contribution in [0.4, 0.5) is 26.3 Å². The molecule has 0 radical (unpaired) electrons. The molecule has 0 unspecified atom stereocenters. The summed E-state index contributed by atoms with van der Waals surface area (Å²) >= 11 is 0. The van der Waals surface area contributed by atoms with Crippen LogP contribution in [0.2, 0.25) is 0 Å². The fraction of sp³-hybridized carbons (Fsp3) is 0.529. The fourth-order valence-electron chi connectivity index (χ4n) is 3.64. The van der Waals surface area contributed by atoms with Crippen LogP contribution in [-0.4, -0.2) is 11.6 Å². The van der Waals surface area contributed by atoms with Gasteiger partial charge in [0.2, 0.25) is 0 Å². The van der Waals surface area contributed by atoms with Crippen LogP contribution in [0.25, 0.3) is 0 Å². The van der Waals surface area contributed by atoms with E-state index in [1.807, 2.05) is 0 Å². The summed E-state index contributed by atoms with van der Waals surface area (Å²) in [6.07, 6.45) is -9.16. The number of halogens is 6. The predicted molar refractivity (Wildman–Crippen MR) is 74.6 cm³/mol. The third-order valence-corrected chi connectivity index (χ3v) is 4.86. The first-order chi connectivity index (χ1) is 11.4. The number of carbonyl (C=O) groups is 2. The van der Waals surface area contributed by atoms with Gasteiger partial charge in [0.15, 0.2) is 0 Å². The molecule has 2 nitrogen and oxygen atoms in total. The SMILES string of the molecule is O=C1CC(=O)CC([C@H]2C[C@@H]2c2cc(C(F)(F)F)cc(C(F)(F)F)c2)C1. The number of benzene rings is 1. The Morgan fingerprint density at radius 1 is 0.800 bits per heavy atom. The molecule has 1 aromatic rings. The molecule has 2 saturated carbocycles. The summed E-state index contributed by atoms with van der Waals surface area (Å²) < 4.78 is 77.5. The molecule has 0 spiro atoms. The van der Waals surface area contributed by atoms with Gasteiger partial charge in [0.1, 0.15) is 11.6 Å². The molecule has 0 aliphatic heterocycles. The number of carbonyl (C=O) groups excluding carboxylic acids is 2. The number of alkyl halides is 6. The van der Waals surface area contributed by atoms with Gasteiger partial charge in [-0.2, -0.15) is 26.3 Å². The number of hydrogen-bond acceptors (Lipinski definition) is 2. The van der Waals surface area contributed by atoms with Crippen molar-refractivity contribution in [1.29, 1.82) is 0 Å². The average Bonchev–Trinajstić information content (AvgIpc) is 3.24. The minimum absolute atomic E-state index is 0.0300. The van der Waals surface area contributed by atoms with Gasteiger partial charge in [0.05, 0.1) is 17.5 Å². The molecule has 2 aliphatic rings. The van der Waals surface area contributed by atoms with Crippen molar-refractivity contribution in [2.75, 3.05) is 0 Å². The van der Waals surface area contributed by atoms with E-state index < -0.39 is 29.4 Å². The number of rotatable bonds is 2. The van der Waals surface area contributed by atoms with Crippen LogP contribution in [0, 0.1) is 11.8 Å². The van der Waals surface area contributed by atoms with Crippen molar-refractivity contribution in [3.05, 3.63) is 34.9 Å². The lowest BCUT2D eigenvalue weighted by Gasteiger charge is -2.20. The van der Waals surface area contributed by atoms with Gasteiger partial charge in [0, 0.05) is 12.8 Å². The summed E-state index contributed by atoms with van der Waals surface area (Å²) in [6, 6.07) is 1.59. The molecule has 8 heteroatoms. The third kappa shape index (κ3) is 3.88. The van der Waals surface area contributed by atoms with Gasteiger partial charge in [-0.15, -0.1) is 0 Å². The minimum Gasteiger partial charge on any atom is -0.299 e. The van der Waals surface area contributed by atoms with Crippen LogP contribution in [0.15, 0.2) is 18.2 Å². The third-order valence-electron chi connectivity index (χ3n) is 4.86. The van der Waals surface area contributed by atoms with E-state index in [1.54, 1.807) is 0 Å². The predicted octanol–water partition coefficient (Wildman–Crippen LogP) is 4.77. The molecule has 0 bridgehead atoms. The molecule has 2 atom stereocenters. The molecule has 0 saturated heterocycles. The smallest absolute Gasteiger partial charge is 0.299 e. The maximum absolute atomic E-state index is 12.9. The highest BCUT2D eigenvalue weighted by Gasteiger charge is 2.47. The summed E-state index contributed by atoms with van der Waals surface area (Å²) in [5.74, 6) is -1.42. The van der Waals surface area contributed by atoms with Crippen molar-refractivity contribution in [2.24, 2.45) is 11.8 Å². The van der Waals surface area contributed by atoms with Crippen molar-refractivity contribution < 1.29 is 35.9 Å². The Kier molecular flexibility index (Phi) is 4.20. The van der Waals surface area contributed by atoms with Crippen LogP contribution < -0.4 is 0 Å². The van der Waals surface area contributed by atoms with Crippen LogP contribution >= 0.6 is 0 Å². The Hall–Kier alpha value is -1.86. The van der Waals surface area contributed by atoms with Crippen LogP contribution in [0.3, 0.4) is 0 Å². The molecule has 0 heterocycles. The maximum atomic E-state index is 12.9. The Morgan fingerprint density at radius 2 is 1.28 bits per heavy atom. The molecule has 0 aromatic heterocycles. The topological polar surface area (TPSA) is 34.1 Å². The normalized spacial score (nSPS) is 25.4. The zero-order valence-electron chi connectivity index (χ0n) is 12.9. The van der Waals surface area contributed by atoms with Gasteiger partial charge < -0.3 is 0 Å². The van der Waals surface area contributed by atoms with E-state index in [4.69, 9.17) is 0 Å². The quantitative estimate of drug-likeness (QED) is 0.560. The van der Waals surface area contributed by atoms with E-state index in [9.17, 15) is 35.9 Å². The monoisotopic (exact) mass is 364 g/mol. The molecular formula is C17H14F6O2. The molecular weight excluding hydrogens is 350 g/mol. The summed E-state index contributed by atoms with van der Waals surface area (Å²) in [7, 11) is 0. The highest BCUT2D eigenvalue weighted by molar-refractivity contribution is 6.01. The molecule has 2 aliphatic carbocycles. The first-order valence-corrected chi connectivity index (χ1v) is 7.78. The van der Waals surface area contributed by atoms with Crippen LogP contribution in [0.5, 0.6) is 0 Å². The first kappa shape index (κ1) is 17.9. The molecule has 3 rings (SSSR count). The number of ketones is 2. The van der Waals surface area contributed by atoms with Crippen molar-refractivity contribution in [3.63, 3.8) is 0 Å². The average molecular weight is 364 g/mol. The second-order valence-corrected chi connectivity index (χ2v) is 6.77. The fourth-order valence-corrected chi connectivity index (χ4v) is 3.64. The van der Waals surface area contributed by atoms with Crippen molar-refractivity contribution >= 4 is 11.6 Å². The Morgan fingerprint density at radius 3 is 1.72 bits per heavy atom. The largest absolute Gasteiger partial charge is 0.416 e. The summed E-state index contributed by atoms with van der Waals surface area (Å²) in [5, 5.41) is 0. The van der Waals surface area contributed by atoms with E-state index in [-0.39, 0.29) is 54.3 Å². The summed E-state index contributed by atoms with van der Waals surface area (Å²) in [4.78, 5) is 23.0. The molecule has 1 aromatic carbocycles. The lowest BCUT2D eigenvalue weighted by molar-refractivity contribution is -0.143. The Labute approximate surface area is 139 Å². The second-order valence-electron chi connectivity index (χ2n) is 6.77. The standard InChI is InChI=1S/C17H14F6O2/c18-16(19,20)10-1-8(2-11(5-10)17(21,22)23)14-7-15(14)9-3-12(24)6-13(25)4-9/h1-2,5,9,14-15H,3-4,6-7H2/t14-,15-/m1/s1. The lowest BCUT2D eigenvalue weighted by atomic mass is 9.83. The van der Waals surface area contributed by atoms with Gasteiger partial charge in [-0.3, -0.25) is 9.59 Å². The van der Waals surface area contributed by atoms with Gasteiger partial charge in [-0.1, -0.05) is 0 Å². The molecule has 0 amide bonds. The van der Waals surface area contributed by atoms with Crippen molar-refractivity contribution in [2.45, 2.75) is 44.0 Å². The zero-order valence-corrected chi connectivity index (χ0v) is 12.9. The van der Waals surface area contributed by atoms with Gasteiger partial charge in [-0.25, -0.2) is 0 Å². The van der Waals surface area contributed by atoms with E-state index in [0.717, 1.165) is 12.1 Å².